The van der Waals surface area contributed by atoms with E-state index in [1.54, 1.807) is 4.90 Å². The van der Waals surface area contributed by atoms with Gasteiger partial charge in [0.15, 0.2) is 0 Å². The Bertz CT molecular complexity index is 500. The van der Waals surface area contributed by atoms with Crippen molar-refractivity contribution >= 4 is 17.9 Å². The number of carboxylic acids is 1. The first-order valence-electron chi connectivity index (χ1n) is 9.09. The summed E-state index contributed by atoms with van der Waals surface area (Å²) < 4.78 is 0. The van der Waals surface area contributed by atoms with E-state index in [0.29, 0.717) is 12.5 Å². The molecule has 3 amide bonds. The van der Waals surface area contributed by atoms with Crippen molar-refractivity contribution in [3.8, 4) is 0 Å². The predicted octanol–water partition coefficient (Wildman–Crippen LogP) is 1.19. The summed E-state index contributed by atoms with van der Waals surface area (Å²) in [6.07, 6.45) is 7.62. The standard InChI is InChI=1S/C17H27N3O4/c21-15(8-18-17(24)19-12-4-2-1-3-5-12)20-9-13(11-6-7-11)14(10-20)16(22)23/h11-14H,1-10H2,(H,22,23)(H2,18,19,24)/t13-,14+/m1/s1. The molecule has 2 atom stereocenters. The number of nitrogens with zero attached hydrogens (tertiary/aromatic N) is 1. The Morgan fingerprint density at radius 1 is 1.00 bits per heavy atom. The van der Waals surface area contributed by atoms with E-state index in [1.165, 1.54) is 6.42 Å². The van der Waals surface area contributed by atoms with Crippen LogP contribution >= 0.6 is 0 Å². The zero-order valence-electron chi connectivity index (χ0n) is 14.0. The lowest BCUT2D eigenvalue weighted by Crippen LogP contribution is -2.46. The number of carbonyl (C=O) groups excluding carboxylic acids is 2. The molecular weight excluding hydrogens is 310 g/mol. The Morgan fingerprint density at radius 2 is 1.71 bits per heavy atom. The van der Waals surface area contributed by atoms with Gasteiger partial charge in [-0.25, -0.2) is 4.79 Å². The summed E-state index contributed by atoms with van der Waals surface area (Å²) in [6, 6.07) is -0.0979. The molecule has 1 heterocycles. The van der Waals surface area contributed by atoms with Crippen LogP contribution in [0.5, 0.6) is 0 Å². The minimum Gasteiger partial charge on any atom is -0.481 e. The highest BCUT2D eigenvalue weighted by Crippen LogP contribution is 2.44. The van der Waals surface area contributed by atoms with Crippen molar-refractivity contribution in [2.24, 2.45) is 17.8 Å². The Hall–Kier alpha value is -1.79. The number of aliphatic carboxylic acids is 1. The number of urea groups is 1. The molecule has 24 heavy (non-hydrogen) atoms. The number of likely N-dealkylation sites (tertiary alicyclic amines) is 1. The van der Waals surface area contributed by atoms with Gasteiger partial charge < -0.3 is 20.6 Å². The molecule has 0 aromatic carbocycles. The van der Waals surface area contributed by atoms with Gasteiger partial charge in [-0.05, 0) is 37.5 Å². The largest absolute Gasteiger partial charge is 0.481 e. The summed E-state index contributed by atoms with van der Waals surface area (Å²) in [4.78, 5) is 37.2. The lowest BCUT2D eigenvalue weighted by Gasteiger charge is -2.23. The summed E-state index contributed by atoms with van der Waals surface area (Å²) >= 11 is 0. The van der Waals surface area contributed by atoms with Gasteiger partial charge in [-0.2, -0.15) is 0 Å². The average Bonchev–Trinajstić information content (AvgIpc) is 3.31. The van der Waals surface area contributed by atoms with Crippen molar-refractivity contribution < 1.29 is 19.5 Å². The number of hydrogen-bond donors (Lipinski definition) is 3. The van der Waals surface area contributed by atoms with Crippen LogP contribution in [0.15, 0.2) is 0 Å². The number of rotatable bonds is 5. The van der Waals surface area contributed by atoms with Crippen molar-refractivity contribution in [3.05, 3.63) is 0 Å². The van der Waals surface area contributed by atoms with Crippen LogP contribution in [0.4, 0.5) is 4.79 Å². The minimum atomic E-state index is -0.815. The van der Waals surface area contributed by atoms with Crippen LogP contribution in [0.3, 0.4) is 0 Å². The molecule has 3 fully saturated rings. The molecule has 0 bridgehead atoms. The normalized spacial score (nSPS) is 27.8. The van der Waals surface area contributed by atoms with Crippen molar-refractivity contribution in [1.82, 2.24) is 15.5 Å². The van der Waals surface area contributed by atoms with Gasteiger partial charge in [-0.3, -0.25) is 9.59 Å². The molecule has 3 aliphatic rings. The van der Waals surface area contributed by atoms with E-state index in [1.807, 2.05) is 0 Å². The topological polar surface area (TPSA) is 98.7 Å². The monoisotopic (exact) mass is 337 g/mol. The molecule has 1 aliphatic heterocycles. The zero-order valence-corrected chi connectivity index (χ0v) is 14.0. The highest BCUT2D eigenvalue weighted by molar-refractivity contribution is 5.85. The Labute approximate surface area is 142 Å². The second-order valence-electron chi connectivity index (χ2n) is 7.41. The molecule has 2 saturated carbocycles. The number of amides is 3. The molecule has 1 saturated heterocycles. The second-order valence-corrected chi connectivity index (χ2v) is 7.41. The summed E-state index contributed by atoms with van der Waals surface area (Å²) in [5, 5.41) is 14.9. The molecule has 3 N–H and O–H groups in total. The molecule has 134 valence electrons. The highest BCUT2D eigenvalue weighted by Gasteiger charge is 2.46. The fourth-order valence-corrected chi connectivity index (χ4v) is 4.05. The molecule has 0 radical (unpaired) electrons. The lowest BCUT2D eigenvalue weighted by molar-refractivity contribution is -0.142. The molecular formula is C17H27N3O4. The maximum absolute atomic E-state index is 12.3. The molecule has 7 heteroatoms. The van der Waals surface area contributed by atoms with Gasteiger partial charge in [0.25, 0.3) is 0 Å². The van der Waals surface area contributed by atoms with E-state index in [0.717, 1.165) is 38.5 Å². The van der Waals surface area contributed by atoms with Gasteiger partial charge in [-0.15, -0.1) is 0 Å². The summed E-state index contributed by atoms with van der Waals surface area (Å²) in [6.45, 7) is 0.704. The smallest absolute Gasteiger partial charge is 0.315 e. The van der Waals surface area contributed by atoms with Crippen molar-refractivity contribution in [1.29, 1.82) is 0 Å². The number of hydrogen-bond acceptors (Lipinski definition) is 3. The average molecular weight is 337 g/mol. The maximum atomic E-state index is 12.3. The first-order chi connectivity index (χ1) is 11.5. The molecule has 3 rings (SSSR count). The Kier molecular flexibility index (Phi) is 5.26. The van der Waals surface area contributed by atoms with E-state index < -0.39 is 11.9 Å². The van der Waals surface area contributed by atoms with Gasteiger partial charge in [0.1, 0.15) is 0 Å². The SMILES string of the molecule is O=C(NCC(=O)N1C[C@H](C(=O)O)[C@@H](C2CC2)C1)NC1CCCCC1. The minimum absolute atomic E-state index is 0.0672. The van der Waals surface area contributed by atoms with Crippen LogP contribution in [0.25, 0.3) is 0 Å². The van der Waals surface area contributed by atoms with Gasteiger partial charge >= 0.3 is 12.0 Å². The summed E-state index contributed by atoms with van der Waals surface area (Å²) in [5.41, 5.74) is 0. The fourth-order valence-electron chi connectivity index (χ4n) is 4.05. The van der Waals surface area contributed by atoms with Crippen LogP contribution in [0.2, 0.25) is 0 Å². The molecule has 0 aromatic heterocycles. The van der Waals surface area contributed by atoms with Gasteiger partial charge in [0.05, 0.1) is 12.5 Å². The van der Waals surface area contributed by atoms with Crippen molar-refractivity contribution in [2.45, 2.75) is 51.0 Å². The third kappa shape index (κ3) is 4.19. The van der Waals surface area contributed by atoms with Crippen LogP contribution < -0.4 is 10.6 Å². The van der Waals surface area contributed by atoms with E-state index in [2.05, 4.69) is 10.6 Å². The second kappa shape index (κ2) is 7.40. The van der Waals surface area contributed by atoms with E-state index in [9.17, 15) is 19.5 Å². The van der Waals surface area contributed by atoms with E-state index >= 15 is 0 Å². The molecule has 2 aliphatic carbocycles. The van der Waals surface area contributed by atoms with E-state index in [-0.39, 0.29) is 37.0 Å². The molecule has 0 aromatic rings. The van der Waals surface area contributed by atoms with Crippen LogP contribution in [-0.2, 0) is 9.59 Å². The predicted molar refractivity (Wildman–Crippen MR) is 87.3 cm³/mol. The molecule has 0 spiro atoms. The van der Waals surface area contributed by atoms with Gasteiger partial charge in [-0.1, -0.05) is 19.3 Å². The number of carbonyl (C=O) groups is 3. The summed E-state index contributed by atoms with van der Waals surface area (Å²) in [5.74, 6) is -0.945. The van der Waals surface area contributed by atoms with Crippen LogP contribution in [-0.4, -0.2) is 53.6 Å². The molecule has 7 nitrogen and oxygen atoms in total. The highest BCUT2D eigenvalue weighted by atomic mass is 16.4. The summed E-state index contributed by atoms with van der Waals surface area (Å²) in [7, 11) is 0. The third-order valence-corrected chi connectivity index (χ3v) is 5.60. The zero-order chi connectivity index (χ0) is 17.1. The van der Waals surface area contributed by atoms with Crippen molar-refractivity contribution in [3.63, 3.8) is 0 Å². The maximum Gasteiger partial charge on any atom is 0.315 e. The fraction of sp³-hybridized carbons (Fsp3) is 0.824. The number of nitrogens with one attached hydrogen (secondary N) is 2. The first-order valence-corrected chi connectivity index (χ1v) is 9.09. The van der Waals surface area contributed by atoms with Crippen molar-refractivity contribution in [2.75, 3.05) is 19.6 Å². The third-order valence-electron chi connectivity index (χ3n) is 5.60. The molecule has 0 unspecified atom stereocenters. The Morgan fingerprint density at radius 3 is 2.33 bits per heavy atom. The first kappa shape index (κ1) is 17.0. The van der Waals surface area contributed by atoms with Crippen LogP contribution in [0, 0.1) is 17.8 Å². The lowest BCUT2D eigenvalue weighted by atomic mass is 9.92. The quantitative estimate of drug-likeness (QED) is 0.702. The number of carboxylic acid groups (broad SMARTS) is 1. The van der Waals surface area contributed by atoms with Gasteiger partial charge in [0, 0.05) is 19.1 Å². The Balaban J connectivity index is 1.43. The van der Waals surface area contributed by atoms with Crippen LogP contribution in [0.1, 0.15) is 44.9 Å². The van der Waals surface area contributed by atoms with E-state index in [4.69, 9.17) is 0 Å². The van der Waals surface area contributed by atoms with Gasteiger partial charge in [0.2, 0.25) is 5.91 Å².